The van der Waals surface area contributed by atoms with Crippen LogP contribution >= 0.6 is 0 Å². The van der Waals surface area contributed by atoms with Crippen molar-refractivity contribution in [3.05, 3.63) is 60.3 Å². The number of allylic oxidation sites excluding steroid dienone is 3. The first-order valence-corrected chi connectivity index (χ1v) is 21.5. The lowest BCUT2D eigenvalue weighted by atomic mass is 9.79. The van der Waals surface area contributed by atoms with Gasteiger partial charge in [0.05, 0.1) is 54.7 Å². The molecule has 334 valence electrons. The van der Waals surface area contributed by atoms with Crippen LogP contribution in [0.3, 0.4) is 0 Å². The van der Waals surface area contributed by atoms with Crippen LogP contribution in [0.25, 0.3) is 10.9 Å². The highest BCUT2D eigenvalue weighted by atomic mass is 16.7. The molecule has 2 aliphatic rings. The molecule has 2 aromatic rings. The minimum atomic E-state index is -1.26. The lowest BCUT2D eigenvalue weighted by Crippen LogP contribution is -2.63. The number of cyclic esters (lactones) is 1. The largest absolute Gasteiger partial charge is 0.494 e. The summed E-state index contributed by atoms with van der Waals surface area (Å²) in [6.45, 7) is 10.9. The van der Waals surface area contributed by atoms with E-state index in [1.165, 1.54) is 0 Å². The van der Waals surface area contributed by atoms with Crippen LogP contribution in [0.2, 0.25) is 0 Å². The number of rotatable bonds is 15. The number of carbonyl (C=O) groups excluding carboxylic acids is 2. The smallest absolute Gasteiger partial charge is 0.308 e. The Morgan fingerprint density at radius 1 is 1.02 bits per heavy atom. The van der Waals surface area contributed by atoms with E-state index in [0.717, 1.165) is 34.9 Å². The van der Waals surface area contributed by atoms with Crippen molar-refractivity contribution in [3.63, 3.8) is 0 Å². The van der Waals surface area contributed by atoms with Gasteiger partial charge in [0.25, 0.3) is 0 Å². The van der Waals surface area contributed by atoms with Crippen LogP contribution in [0, 0.1) is 23.7 Å². The molecule has 0 saturated carbocycles. The van der Waals surface area contributed by atoms with E-state index in [1.807, 2.05) is 77.4 Å². The Balaban J connectivity index is 1.62. The summed E-state index contributed by atoms with van der Waals surface area (Å²) in [7, 11) is 7.46. The normalized spacial score (nSPS) is 33.3. The zero-order chi connectivity index (χ0) is 43.9. The number of aliphatic hydroxyl groups excluding tert-OH is 3. The number of likely N-dealkylation sites (N-methyl/N-ethyl adjacent to an activating group) is 1. The van der Waals surface area contributed by atoms with Gasteiger partial charge in [-0.25, -0.2) is 0 Å². The molecule has 0 spiro atoms. The van der Waals surface area contributed by atoms with E-state index >= 15 is 0 Å². The number of ether oxygens (including phenoxy) is 4. The number of aromatic nitrogens is 1. The van der Waals surface area contributed by atoms with Crippen molar-refractivity contribution in [2.24, 2.45) is 28.8 Å². The van der Waals surface area contributed by atoms with Gasteiger partial charge in [-0.1, -0.05) is 49.7 Å². The van der Waals surface area contributed by atoms with Gasteiger partial charge in [0.15, 0.2) is 6.29 Å². The van der Waals surface area contributed by atoms with Crippen molar-refractivity contribution in [1.82, 2.24) is 14.8 Å². The van der Waals surface area contributed by atoms with E-state index < -0.39 is 66.8 Å². The van der Waals surface area contributed by atoms with Crippen molar-refractivity contribution < 1.29 is 48.7 Å². The molecule has 3 heterocycles. The molecule has 4 rings (SSSR count). The Bertz CT molecular complexity index is 1740. The number of pyridine rings is 1. The van der Waals surface area contributed by atoms with E-state index in [9.17, 15) is 24.9 Å². The van der Waals surface area contributed by atoms with Crippen molar-refractivity contribution in [1.29, 1.82) is 0 Å². The molecule has 1 saturated heterocycles. The minimum absolute atomic E-state index is 0.0588. The summed E-state index contributed by atoms with van der Waals surface area (Å²) in [5.41, 5.74) is 2.51. The lowest BCUT2D eigenvalue weighted by Gasteiger charge is -2.46. The van der Waals surface area contributed by atoms with Gasteiger partial charge in [0.2, 0.25) is 0 Å². The molecule has 3 N–H and O–H groups in total. The zero-order valence-corrected chi connectivity index (χ0v) is 37.1. The fourth-order valence-corrected chi connectivity index (χ4v) is 8.20. The summed E-state index contributed by atoms with van der Waals surface area (Å²) in [6.07, 6.45) is 4.09. The second-order valence-electron chi connectivity index (χ2n) is 17.0. The quantitative estimate of drug-likeness (QED) is 0.0928. The molecule has 0 amide bonds. The number of benzene rings is 1. The predicted octanol–water partition coefficient (Wildman–Crippen LogP) is 5.18. The summed E-state index contributed by atoms with van der Waals surface area (Å²) >= 11 is 0. The summed E-state index contributed by atoms with van der Waals surface area (Å²) in [5, 5.41) is 39.7. The van der Waals surface area contributed by atoms with Crippen molar-refractivity contribution >= 4 is 28.9 Å². The Morgan fingerprint density at radius 2 is 1.77 bits per heavy atom. The molecule has 2 unspecified atom stereocenters. The molecular weight excluding hydrogens is 769 g/mol. The van der Waals surface area contributed by atoms with E-state index in [2.05, 4.69) is 21.1 Å². The number of nitrogens with zero attached hydrogens (tertiary/aromatic N) is 4. The summed E-state index contributed by atoms with van der Waals surface area (Å²) < 4.78 is 24.7. The maximum atomic E-state index is 13.5. The first kappa shape index (κ1) is 48.9. The van der Waals surface area contributed by atoms with E-state index in [4.69, 9.17) is 23.8 Å². The van der Waals surface area contributed by atoms with Crippen LogP contribution in [0.5, 0.6) is 5.75 Å². The molecule has 60 heavy (non-hydrogen) atoms. The van der Waals surface area contributed by atoms with Gasteiger partial charge in [-0.05, 0) is 104 Å². The molecule has 0 bridgehead atoms. The maximum absolute atomic E-state index is 13.5. The summed E-state index contributed by atoms with van der Waals surface area (Å²) in [6, 6.07) is 9.04. The SMILES string of the molecule is CC[C@H]1OC(=O)C[C@@H](O)C(C)[C@@H](O[C@H]2O[C@@H](C)[C@H](O)[C@@H](N(C)C)[C@@H]2O)[C@@H](CC=O)C[C@@H](C)C(=N/OCCCCOc2ccc3ncccc3c2)/C=C/C(C)=C/C1CN(C)C. The summed E-state index contributed by atoms with van der Waals surface area (Å²) in [5.74, 6) is -1.37. The maximum Gasteiger partial charge on any atom is 0.308 e. The standard InChI is InChI=1S/C46H70N4O10/c1-10-40-35(28-49(6)7)24-29(2)15-17-37(48-57-23-12-11-22-56-36-16-18-38-33(26-36)14-13-20-47-38)30(3)25-34(19-21-51)45(31(4)39(52)27-41(53)59-40)60-46-44(55)42(50(8)9)43(54)32(5)58-46/h13-18,20-21,24,26,30-32,34-35,39-40,42-46,52,54-55H,10-12,19,22-23,25,27-28H2,1-9H3/b17-15+,29-24+,48-37+/t30-,31?,32+,34+,35?,39-,40-,42-,43+,44+,45-,46-/m1/s1. The number of hydrogen-bond donors (Lipinski definition) is 3. The van der Waals surface area contributed by atoms with E-state index in [-0.39, 0.29) is 24.7 Å². The second kappa shape index (κ2) is 24.0. The Labute approximate surface area is 356 Å². The van der Waals surface area contributed by atoms with E-state index in [0.29, 0.717) is 44.7 Å². The number of fused-ring (bicyclic) bond motifs is 1. The third kappa shape index (κ3) is 14.1. The number of unbranched alkanes of at least 4 members (excludes halogenated alkanes) is 1. The fourth-order valence-electron chi connectivity index (χ4n) is 8.20. The zero-order valence-electron chi connectivity index (χ0n) is 37.1. The second-order valence-corrected chi connectivity index (χ2v) is 17.0. The molecule has 14 heteroatoms. The summed E-state index contributed by atoms with van der Waals surface area (Å²) in [4.78, 5) is 39.9. The highest BCUT2D eigenvalue weighted by Crippen LogP contribution is 2.34. The number of hydrogen-bond acceptors (Lipinski definition) is 14. The van der Waals surface area contributed by atoms with Crippen LogP contribution in [-0.4, -0.2) is 145 Å². The van der Waals surface area contributed by atoms with Crippen molar-refractivity contribution in [2.45, 2.75) is 122 Å². The number of aldehydes is 1. The van der Waals surface area contributed by atoms with Gasteiger partial charge in [-0.3, -0.25) is 9.78 Å². The van der Waals surface area contributed by atoms with Gasteiger partial charge in [0.1, 0.15) is 30.9 Å². The molecule has 12 atom stereocenters. The predicted molar refractivity (Wildman–Crippen MR) is 231 cm³/mol. The van der Waals surface area contributed by atoms with Crippen LogP contribution < -0.4 is 4.74 Å². The van der Waals surface area contributed by atoms with Gasteiger partial charge in [-0.2, -0.15) is 0 Å². The first-order chi connectivity index (χ1) is 28.6. The van der Waals surface area contributed by atoms with Crippen LogP contribution in [0.1, 0.15) is 73.1 Å². The third-order valence-corrected chi connectivity index (χ3v) is 11.6. The fraction of sp³-hybridized carbons (Fsp3) is 0.652. The molecule has 1 aromatic heterocycles. The Kier molecular flexibility index (Phi) is 19.6. The van der Waals surface area contributed by atoms with Gasteiger partial charge < -0.3 is 53.7 Å². The Morgan fingerprint density at radius 3 is 2.47 bits per heavy atom. The average Bonchev–Trinajstić information content (AvgIpc) is 3.20. The lowest BCUT2D eigenvalue weighted by molar-refractivity contribution is -0.304. The van der Waals surface area contributed by atoms with Gasteiger partial charge in [0, 0.05) is 42.3 Å². The third-order valence-electron chi connectivity index (χ3n) is 11.6. The topological polar surface area (TPSA) is 173 Å². The highest BCUT2D eigenvalue weighted by molar-refractivity contribution is 5.96. The average molecular weight is 839 g/mol. The molecule has 14 nitrogen and oxygen atoms in total. The van der Waals surface area contributed by atoms with Crippen molar-refractivity contribution in [2.75, 3.05) is 47.9 Å². The minimum Gasteiger partial charge on any atom is -0.494 e. The molecule has 1 fully saturated rings. The number of oxime groups is 1. The number of aliphatic hydroxyl groups is 3. The monoisotopic (exact) mass is 839 g/mol. The van der Waals surface area contributed by atoms with Gasteiger partial charge >= 0.3 is 5.97 Å². The first-order valence-electron chi connectivity index (χ1n) is 21.5. The molecule has 1 aromatic carbocycles. The molecule has 2 aliphatic heterocycles. The van der Waals surface area contributed by atoms with E-state index in [1.54, 1.807) is 39.0 Å². The van der Waals surface area contributed by atoms with Crippen LogP contribution in [0.4, 0.5) is 0 Å². The Hall–Kier alpha value is -3.76. The highest BCUT2D eigenvalue weighted by Gasteiger charge is 2.47. The molecule has 0 radical (unpaired) electrons. The van der Waals surface area contributed by atoms with Crippen LogP contribution in [0.15, 0.2) is 65.5 Å². The molecule has 0 aliphatic carbocycles. The van der Waals surface area contributed by atoms with Crippen LogP contribution in [-0.2, 0) is 28.6 Å². The number of carbonyl (C=O) groups is 2. The number of esters is 1. The van der Waals surface area contributed by atoms with Crippen molar-refractivity contribution in [3.8, 4) is 5.75 Å². The van der Waals surface area contributed by atoms with Gasteiger partial charge in [-0.15, -0.1) is 0 Å². The molecular formula is C46H70N4O10.